The van der Waals surface area contributed by atoms with Gasteiger partial charge in [0.25, 0.3) is 0 Å². The van der Waals surface area contributed by atoms with E-state index >= 15 is 0 Å². The summed E-state index contributed by atoms with van der Waals surface area (Å²) in [4.78, 5) is 23.5. The maximum Gasteiger partial charge on any atom is 0.325 e. The lowest BCUT2D eigenvalue weighted by Crippen LogP contribution is -2.48. The van der Waals surface area contributed by atoms with E-state index in [9.17, 15) is 13.2 Å². The van der Waals surface area contributed by atoms with Crippen molar-refractivity contribution in [3.8, 4) is 5.75 Å². The second-order valence-corrected chi connectivity index (χ2v) is 11.2. The Morgan fingerprint density at radius 3 is 2.43 bits per heavy atom. The third-order valence-corrected chi connectivity index (χ3v) is 8.33. The first-order chi connectivity index (χ1) is 16.9. The molecule has 4 aromatic rings. The number of nitrogens with one attached hydrogen (secondary N) is 2. The number of ether oxygens (including phenoxy) is 1. The fourth-order valence-corrected chi connectivity index (χ4v) is 5.86. The van der Waals surface area contributed by atoms with Gasteiger partial charge in [0, 0.05) is 43.1 Å². The van der Waals surface area contributed by atoms with Gasteiger partial charge in [-0.25, -0.2) is 18.2 Å². The highest BCUT2D eigenvalue weighted by Gasteiger charge is 2.26. The van der Waals surface area contributed by atoms with Gasteiger partial charge in [-0.2, -0.15) is 4.31 Å². The molecule has 3 heterocycles. The maximum atomic E-state index is 12.8. The van der Waals surface area contributed by atoms with Crippen LogP contribution in [0, 0.1) is 0 Å². The molecule has 5 rings (SSSR count). The smallest absolute Gasteiger partial charge is 0.325 e. The molecule has 0 bridgehead atoms. The Labute approximate surface area is 232 Å². The van der Waals surface area contributed by atoms with Crippen molar-refractivity contribution in [3.63, 3.8) is 0 Å². The molecular weight excluding hydrogens is 561 g/mol. The van der Waals surface area contributed by atoms with Gasteiger partial charge in [-0.3, -0.25) is 9.88 Å². The highest BCUT2D eigenvalue weighted by Crippen LogP contribution is 2.22. The lowest BCUT2D eigenvalue weighted by molar-refractivity contribution is 0.181. The number of aromatic nitrogens is 3. The minimum absolute atomic E-state index is 0. The van der Waals surface area contributed by atoms with Crippen molar-refractivity contribution >= 4 is 68.5 Å². The van der Waals surface area contributed by atoms with Crippen molar-refractivity contribution in [2.24, 2.45) is 0 Å². The Hall–Kier alpha value is -2.34. The number of hydrogen-bond acceptors (Lipinski definition) is 6. The summed E-state index contributed by atoms with van der Waals surface area (Å²) in [5.74, 6) is 0.676. The van der Waals surface area contributed by atoms with E-state index in [1.54, 1.807) is 10.4 Å². The van der Waals surface area contributed by atoms with Gasteiger partial charge < -0.3 is 9.72 Å². The molecule has 1 aliphatic heterocycles. The minimum atomic E-state index is -3.33. The molecule has 0 amide bonds. The molecule has 2 N–H and O–H groups in total. The first-order valence-corrected chi connectivity index (χ1v) is 13.4. The van der Waals surface area contributed by atoms with E-state index in [1.807, 2.05) is 42.5 Å². The van der Waals surface area contributed by atoms with E-state index in [4.69, 9.17) is 16.3 Å². The number of fused-ring (bicyclic) bond motifs is 2. The molecule has 200 valence electrons. The number of aromatic amines is 2. The summed E-state index contributed by atoms with van der Waals surface area (Å²) < 4.78 is 33.0. The molecule has 37 heavy (non-hydrogen) atoms. The molecular formula is C24H28Cl3N5O4S. The van der Waals surface area contributed by atoms with Crippen LogP contribution in [0.15, 0.2) is 53.3 Å². The maximum absolute atomic E-state index is 12.8. The number of hydrogen-bond donors (Lipinski definition) is 2. The van der Waals surface area contributed by atoms with Gasteiger partial charge in [0.05, 0.1) is 23.4 Å². The summed E-state index contributed by atoms with van der Waals surface area (Å²) in [6.07, 6.45) is 0.397. The Morgan fingerprint density at radius 1 is 0.973 bits per heavy atom. The summed E-state index contributed by atoms with van der Waals surface area (Å²) in [7, 11) is -3.33. The highest BCUT2D eigenvalue weighted by molar-refractivity contribution is 7.89. The lowest BCUT2D eigenvalue weighted by Gasteiger charge is -2.34. The molecule has 2 aromatic heterocycles. The average Bonchev–Trinajstić information content (AvgIpc) is 3.21. The summed E-state index contributed by atoms with van der Waals surface area (Å²) in [6.45, 7) is 3.45. The quantitative estimate of drug-likeness (QED) is 0.303. The van der Waals surface area contributed by atoms with Gasteiger partial charge >= 0.3 is 5.69 Å². The molecule has 0 saturated carbocycles. The average molecular weight is 589 g/mol. The highest BCUT2D eigenvalue weighted by atomic mass is 35.5. The van der Waals surface area contributed by atoms with E-state index in [2.05, 4.69) is 19.9 Å². The summed E-state index contributed by atoms with van der Waals surface area (Å²) in [5.41, 5.74) is 2.73. The standard InChI is InChI=1S/C24H26ClN5O4S.2ClH/c25-19-4-2-17(3-5-19)16-29-8-10-30(11-9-29)35(32,33)13-1-12-34-20-6-7-21-18(14-20)15-22-23(26-21)28-24(31)27-22;;/h2-7,14-15H,1,8-13,16H2,(H2,26,27,28,31);2*1H. The van der Waals surface area contributed by atoms with E-state index in [-0.39, 0.29) is 42.9 Å². The van der Waals surface area contributed by atoms with Gasteiger partial charge in [-0.05, 0) is 48.4 Å². The van der Waals surface area contributed by atoms with Gasteiger partial charge in [0.2, 0.25) is 10.0 Å². The van der Waals surface area contributed by atoms with Crippen LogP contribution in [-0.4, -0.2) is 71.1 Å². The number of nitrogens with zero attached hydrogens (tertiary/aromatic N) is 3. The predicted molar refractivity (Wildman–Crippen MR) is 151 cm³/mol. The minimum Gasteiger partial charge on any atom is -0.494 e. The van der Waals surface area contributed by atoms with E-state index < -0.39 is 10.0 Å². The van der Waals surface area contributed by atoms with Crippen LogP contribution >= 0.6 is 36.4 Å². The Morgan fingerprint density at radius 2 is 1.70 bits per heavy atom. The van der Waals surface area contributed by atoms with E-state index in [0.29, 0.717) is 54.5 Å². The van der Waals surface area contributed by atoms with Crippen molar-refractivity contribution in [3.05, 3.63) is 69.6 Å². The molecule has 0 aliphatic carbocycles. The number of rotatable bonds is 8. The number of H-pyrrole nitrogens is 2. The number of pyridine rings is 1. The van der Waals surface area contributed by atoms with Crippen LogP contribution in [0.4, 0.5) is 0 Å². The molecule has 1 saturated heterocycles. The van der Waals surface area contributed by atoms with E-state index in [1.165, 1.54) is 0 Å². The van der Waals surface area contributed by atoms with Crippen LogP contribution in [-0.2, 0) is 16.6 Å². The second-order valence-electron chi connectivity index (χ2n) is 8.64. The van der Waals surface area contributed by atoms with Crippen LogP contribution in [0.2, 0.25) is 5.02 Å². The number of piperazine rings is 1. The second kappa shape index (κ2) is 12.5. The number of halogens is 3. The summed E-state index contributed by atoms with van der Waals surface area (Å²) >= 11 is 5.94. The fourth-order valence-electron chi connectivity index (χ4n) is 4.27. The van der Waals surface area contributed by atoms with Crippen LogP contribution in [0.5, 0.6) is 5.75 Å². The largest absolute Gasteiger partial charge is 0.494 e. The van der Waals surface area contributed by atoms with Crippen LogP contribution in [0.25, 0.3) is 22.1 Å². The van der Waals surface area contributed by atoms with Gasteiger partial charge in [0.15, 0.2) is 5.65 Å². The number of benzene rings is 2. The first-order valence-electron chi connectivity index (χ1n) is 11.5. The molecule has 0 radical (unpaired) electrons. The molecule has 1 fully saturated rings. The molecule has 0 spiro atoms. The molecule has 13 heteroatoms. The zero-order valence-electron chi connectivity index (χ0n) is 19.9. The number of imidazole rings is 1. The Bertz CT molecular complexity index is 1500. The van der Waals surface area contributed by atoms with Crippen molar-refractivity contribution in [1.82, 2.24) is 24.2 Å². The van der Waals surface area contributed by atoms with Crippen molar-refractivity contribution in [2.45, 2.75) is 13.0 Å². The van der Waals surface area contributed by atoms with Crippen LogP contribution in [0.1, 0.15) is 12.0 Å². The Kier molecular flexibility index (Phi) is 9.85. The fraction of sp³-hybridized carbons (Fsp3) is 0.333. The zero-order chi connectivity index (χ0) is 24.4. The van der Waals surface area contributed by atoms with Crippen LogP contribution < -0.4 is 10.4 Å². The summed E-state index contributed by atoms with van der Waals surface area (Å²) in [5, 5.41) is 1.54. The monoisotopic (exact) mass is 587 g/mol. The molecule has 0 atom stereocenters. The Balaban J connectivity index is 0.00000190. The first kappa shape index (κ1) is 29.2. The molecule has 2 aromatic carbocycles. The summed E-state index contributed by atoms with van der Waals surface area (Å²) in [6, 6.07) is 15.0. The lowest BCUT2D eigenvalue weighted by atomic mass is 10.2. The zero-order valence-corrected chi connectivity index (χ0v) is 23.1. The van der Waals surface area contributed by atoms with Gasteiger partial charge in [0.1, 0.15) is 5.75 Å². The predicted octanol–water partition coefficient (Wildman–Crippen LogP) is 3.82. The van der Waals surface area contributed by atoms with E-state index in [0.717, 1.165) is 23.0 Å². The third kappa shape index (κ3) is 7.16. The van der Waals surface area contributed by atoms with Crippen molar-refractivity contribution in [1.29, 1.82) is 0 Å². The molecule has 1 aliphatic rings. The normalized spacial score (nSPS) is 14.8. The van der Waals surface area contributed by atoms with Crippen molar-refractivity contribution < 1.29 is 13.2 Å². The number of sulfonamides is 1. The molecule has 0 unspecified atom stereocenters. The van der Waals surface area contributed by atoms with Crippen molar-refractivity contribution in [2.75, 3.05) is 38.5 Å². The van der Waals surface area contributed by atoms with Gasteiger partial charge in [-0.15, -0.1) is 24.8 Å². The topological polar surface area (TPSA) is 111 Å². The van der Waals surface area contributed by atoms with Crippen LogP contribution in [0.3, 0.4) is 0 Å². The SMILES string of the molecule is Cl.Cl.O=c1[nH]c2cc3cc(OCCCS(=O)(=O)N4CCN(Cc5ccc(Cl)cc5)CC4)ccc3nc2[nH]1. The van der Waals surface area contributed by atoms with Gasteiger partial charge in [-0.1, -0.05) is 23.7 Å². The third-order valence-electron chi connectivity index (χ3n) is 6.13. The molecule has 9 nitrogen and oxygen atoms in total.